The maximum atomic E-state index is 11.2. The number of hydrogen-bond acceptors (Lipinski definition) is 4. The van der Waals surface area contributed by atoms with Crippen LogP contribution in [0, 0.1) is 0 Å². The number of thiazole rings is 1. The van der Waals surface area contributed by atoms with Gasteiger partial charge in [0.25, 0.3) is 0 Å². The van der Waals surface area contributed by atoms with Crippen LogP contribution < -0.4 is 4.90 Å². The van der Waals surface area contributed by atoms with Crippen molar-refractivity contribution < 1.29 is 9.90 Å². The molecule has 0 amide bonds. The molecule has 0 aliphatic carbocycles. The summed E-state index contributed by atoms with van der Waals surface area (Å²) in [6.07, 6.45) is 1.71. The summed E-state index contributed by atoms with van der Waals surface area (Å²) < 4.78 is 0. The summed E-state index contributed by atoms with van der Waals surface area (Å²) in [4.78, 5) is 18.1. The minimum atomic E-state index is -0.835. The van der Waals surface area contributed by atoms with Gasteiger partial charge in [0.15, 0.2) is 5.13 Å². The van der Waals surface area contributed by atoms with Gasteiger partial charge in [-0.3, -0.25) is 0 Å². The van der Waals surface area contributed by atoms with Gasteiger partial charge >= 0.3 is 5.97 Å². The number of nitrogens with zero attached hydrogens (tertiary/aromatic N) is 2. The molecule has 0 bridgehead atoms. The topological polar surface area (TPSA) is 53.4 Å². The van der Waals surface area contributed by atoms with E-state index in [1.54, 1.807) is 17.4 Å². The zero-order valence-electron chi connectivity index (χ0n) is 11.3. The van der Waals surface area contributed by atoms with Crippen LogP contribution in [-0.4, -0.2) is 22.6 Å². The number of carboxylic acids is 1. The number of aryl methyl sites for hydroxylation is 1. The first kappa shape index (κ1) is 13.1. The van der Waals surface area contributed by atoms with Crippen LogP contribution in [0.4, 0.5) is 5.13 Å². The van der Waals surface area contributed by atoms with Crippen LogP contribution in [0.15, 0.2) is 23.6 Å². The number of aromatic carboxylic acids is 1. The third-order valence-electron chi connectivity index (χ3n) is 3.67. The number of benzene rings is 1. The van der Waals surface area contributed by atoms with Crippen molar-refractivity contribution in [2.24, 2.45) is 0 Å². The molecule has 1 aliphatic heterocycles. The highest BCUT2D eigenvalue weighted by Crippen LogP contribution is 2.28. The van der Waals surface area contributed by atoms with Crippen molar-refractivity contribution >= 4 is 22.4 Å². The van der Waals surface area contributed by atoms with Gasteiger partial charge in [0.1, 0.15) is 0 Å². The van der Waals surface area contributed by atoms with Crippen LogP contribution in [0.2, 0.25) is 0 Å². The lowest BCUT2D eigenvalue weighted by Gasteiger charge is -2.29. The van der Waals surface area contributed by atoms with Crippen LogP contribution in [0.5, 0.6) is 0 Å². The van der Waals surface area contributed by atoms with Crippen molar-refractivity contribution in [1.29, 1.82) is 0 Å². The zero-order chi connectivity index (χ0) is 14.1. The Morgan fingerprint density at radius 2 is 2.35 bits per heavy atom. The maximum Gasteiger partial charge on any atom is 0.335 e. The lowest BCUT2D eigenvalue weighted by Crippen LogP contribution is -2.31. The molecule has 2 heterocycles. The molecule has 0 atom stereocenters. The van der Waals surface area contributed by atoms with Crippen LogP contribution in [0.1, 0.15) is 34.1 Å². The van der Waals surface area contributed by atoms with E-state index in [9.17, 15) is 9.90 Å². The number of carboxylic acid groups (broad SMARTS) is 1. The molecule has 0 saturated carbocycles. The molecule has 2 aromatic rings. The molecule has 0 unspecified atom stereocenters. The summed E-state index contributed by atoms with van der Waals surface area (Å²) in [5.74, 6) is -0.835. The first-order valence-electron chi connectivity index (χ1n) is 6.72. The second kappa shape index (κ2) is 5.25. The van der Waals surface area contributed by atoms with Gasteiger partial charge in [-0.05, 0) is 30.0 Å². The SMILES string of the molecule is CCc1csc(N2CCc3c(cccc3C(=O)O)C2)n1. The standard InChI is InChI=1S/C15H16N2O2S/c1-2-11-9-20-15(16-11)17-7-6-12-10(8-17)4-3-5-13(12)14(18)19/h3-5,9H,2,6-8H2,1H3,(H,18,19). The molecule has 1 aliphatic rings. The Hall–Kier alpha value is -1.88. The lowest BCUT2D eigenvalue weighted by molar-refractivity contribution is 0.0695. The van der Waals surface area contributed by atoms with E-state index >= 15 is 0 Å². The zero-order valence-corrected chi connectivity index (χ0v) is 12.1. The van der Waals surface area contributed by atoms with E-state index in [1.165, 1.54) is 0 Å². The number of anilines is 1. The second-order valence-electron chi connectivity index (χ2n) is 4.89. The number of hydrogen-bond donors (Lipinski definition) is 1. The average molecular weight is 288 g/mol. The molecule has 1 N–H and O–H groups in total. The molecular weight excluding hydrogens is 272 g/mol. The molecule has 0 spiro atoms. The van der Waals surface area contributed by atoms with Crippen LogP contribution in [0.25, 0.3) is 0 Å². The Morgan fingerprint density at radius 3 is 3.05 bits per heavy atom. The largest absolute Gasteiger partial charge is 0.478 e. The molecule has 1 aromatic heterocycles. The van der Waals surface area contributed by atoms with Crippen molar-refractivity contribution in [3.8, 4) is 0 Å². The normalized spacial score (nSPS) is 14.2. The maximum absolute atomic E-state index is 11.2. The summed E-state index contributed by atoms with van der Waals surface area (Å²) >= 11 is 1.66. The van der Waals surface area contributed by atoms with E-state index < -0.39 is 5.97 Å². The van der Waals surface area contributed by atoms with Crippen molar-refractivity contribution in [2.45, 2.75) is 26.3 Å². The van der Waals surface area contributed by atoms with Gasteiger partial charge in [-0.2, -0.15) is 0 Å². The highest BCUT2D eigenvalue weighted by atomic mass is 32.1. The van der Waals surface area contributed by atoms with Gasteiger partial charge in [0.2, 0.25) is 0 Å². The van der Waals surface area contributed by atoms with Gasteiger partial charge in [0.05, 0.1) is 11.3 Å². The number of carbonyl (C=O) groups is 1. The Bertz CT molecular complexity index is 651. The third kappa shape index (κ3) is 2.29. The van der Waals surface area contributed by atoms with Gasteiger partial charge < -0.3 is 10.0 Å². The monoisotopic (exact) mass is 288 g/mol. The number of aromatic nitrogens is 1. The summed E-state index contributed by atoms with van der Waals surface area (Å²) in [7, 11) is 0. The van der Waals surface area contributed by atoms with Gasteiger partial charge in [-0.1, -0.05) is 19.1 Å². The minimum absolute atomic E-state index is 0.440. The van der Waals surface area contributed by atoms with Crippen molar-refractivity contribution in [1.82, 2.24) is 4.98 Å². The van der Waals surface area contributed by atoms with Gasteiger partial charge in [-0.15, -0.1) is 11.3 Å². The average Bonchev–Trinajstić information content (AvgIpc) is 2.94. The summed E-state index contributed by atoms with van der Waals surface area (Å²) in [5.41, 5.74) is 3.64. The minimum Gasteiger partial charge on any atom is -0.478 e. The number of fused-ring (bicyclic) bond motifs is 1. The van der Waals surface area contributed by atoms with Crippen LogP contribution in [-0.2, 0) is 19.4 Å². The quantitative estimate of drug-likeness (QED) is 0.943. The van der Waals surface area contributed by atoms with Gasteiger partial charge in [-0.25, -0.2) is 9.78 Å². The predicted molar refractivity (Wildman–Crippen MR) is 79.6 cm³/mol. The molecule has 5 heteroatoms. The van der Waals surface area contributed by atoms with Gasteiger partial charge in [0, 0.05) is 18.5 Å². The molecule has 3 rings (SSSR count). The van der Waals surface area contributed by atoms with E-state index in [0.29, 0.717) is 5.56 Å². The summed E-state index contributed by atoms with van der Waals surface area (Å²) in [6.45, 7) is 3.67. The molecule has 20 heavy (non-hydrogen) atoms. The molecule has 0 fully saturated rings. The lowest BCUT2D eigenvalue weighted by atomic mass is 9.95. The predicted octanol–water partition coefficient (Wildman–Crippen LogP) is 2.97. The summed E-state index contributed by atoms with van der Waals surface area (Å²) in [5, 5.41) is 12.4. The third-order valence-corrected chi connectivity index (χ3v) is 4.62. The number of rotatable bonds is 3. The first-order chi connectivity index (χ1) is 9.69. The molecule has 0 saturated heterocycles. The van der Waals surface area contributed by atoms with Crippen LogP contribution in [0.3, 0.4) is 0 Å². The highest BCUT2D eigenvalue weighted by molar-refractivity contribution is 7.13. The fourth-order valence-electron chi connectivity index (χ4n) is 2.58. The smallest absolute Gasteiger partial charge is 0.335 e. The van der Waals surface area contributed by atoms with E-state index in [2.05, 4.69) is 22.2 Å². The van der Waals surface area contributed by atoms with Crippen LogP contribution >= 0.6 is 11.3 Å². The first-order valence-corrected chi connectivity index (χ1v) is 7.60. The van der Waals surface area contributed by atoms with Crippen molar-refractivity contribution in [3.05, 3.63) is 46.0 Å². The Kier molecular flexibility index (Phi) is 3.44. The molecule has 0 radical (unpaired) electrons. The Balaban J connectivity index is 1.89. The van der Waals surface area contributed by atoms with E-state index in [1.807, 2.05) is 12.1 Å². The van der Waals surface area contributed by atoms with E-state index in [4.69, 9.17) is 0 Å². The van der Waals surface area contributed by atoms with Crippen molar-refractivity contribution in [3.63, 3.8) is 0 Å². The Morgan fingerprint density at radius 1 is 1.50 bits per heavy atom. The van der Waals surface area contributed by atoms with Crippen molar-refractivity contribution in [2.75, 3.05) is 11.4 Å². The molecular formula is C15H16N2O2S. The van der Waals surface area contributed by atoms with E-state index in [-0.39, 0.29) is 0 Å². The summed E-state index contributed by atoms with van der Waals surface area (Å²) in [6, 6.07) is 5.53. The highest BCUT2D eigenvalue weighted by Gasteiger charge is 2.22. The molecule has 1 aromatic carbocycles. The molecule has 104 valence electrons. The Labute approximate surface area is 121 Å². The second-order valence-corrected chi connectivity index (χ2v) is 5.73. The fourth-order valence-corrected chi connectivity index (χ4v) is 3.51. The molecule has 4 nitrogen and oxygen atoms in total. The van der Waals surface area contributed by atoms with E-state index in [0.717, 1.165) is 47.9 Å². The fraction of sp³-hybridized carbons (Fsp3) is 0.333.